The summed E-state index contributed by atoms with van der Waals surface area (Å²) in [7, 11) is 0. The van der Waals surface area contributed by atoms with Gasteiger partial charge in [-0.05, 0) is 47.0 Å². The van der Waals surface area contributed by atoms with E-state index in [1.54, 1.807) is 11.3 Å². The van der Waals surface area contributed by atoms with Crippen molar-refractivity contribution in [2.24, 2.45) is 0 Å². The zero-order chi connectivity index (χ0) is 32.6. The summed E-state index contributed by atoms with van der Waals surface area (Å²) in [5, 5.41) is 9.38. The number of thiophene rings is 1. The van der Waals surface area contributed by atoms with Gasteiger partial charge in [0, 0.05) is 42.7 Å². The maximum atomic E-state index is 13.4. The number of morpholine rings is 1. The quantitative estimate of drug-likeness (QED) is 0.138. The third-order valence-electron chi connectivity index (χ3n) is 8.18. The van der Waals surface area contributed by atoms with E-state index in [2.05, 4.69) is 58.9 Å². The molecular formula is C38H41N3O5S. The summed E-state index contributed by atoms with van der Waals surface area (Å²) in [4.78, 5) is 17.0. The Morgan fingerprint density at radius 3 is 2.21 bits per heavy atom. The zero-order valence-corrected chi connectivity index (χ0v) is 28.0. The molecule has 0 aliphatic carbocycles. The predicted octanol–water partition coefficient (Wildman–Crippen LogP) is 7.93. The summed E-state index contributed by atoms with van der Waals surface area (Å²) in [6.45, 7) is 11.3. The molecule has 0 saturated carbocycles. The number of aromatic nitrogens is 1. The first-order valence-corrected chi connectivity index (χ1v) is 17.1. The molecule has 1 amide bonds. The van der Waals surface area contributed by atoms with Gasteiger partial charge >= 0.3 is 0 Å². The van der Waals surface area contributed by atoms with Crippen molar-refractivity contribution in [3.05, 3.63) is 112 Å². The Balaban J connectivity index is 1.47. The monoisotopic (exact) mass is 651 g/mol. The molecule has 5 aromatic rings. The Kier molecular flexibility index (Phi) is 10.7. The molecule has 3 heterocycles. The molecule has 1 aliphatic rings. The fourth-order valence-corrected chi connectivity index (χ4v) is 6.62. The Morgan fingerprint density at radius 2 is 1.57 bits per heavy atom. The van der Waals surface area contributed by atoms with Crippen LogP contribution in [0.1, 0.15) is 58.7 Å². The molecule has 0 bridgehead atoms. The molecule has 9 heteroatoms. The first-order chi connectivity index (χ1) is 23.0. The highest BCUT2D eigenvalue weighted by atomic mass is 32.1. The molecule has 1 fully saturated rings. The highest BCUT2D eigenvalue weighted by Crippen LogP contribution is 2.46. The molecule has 0 radical (unpaired) electrons. The second-order valence-corrected chi connectivity index (χ2v) is 12.8. The van der Waals surface area contributed by atoms with E-state index in [1.165, 1.54) is 0 Å². The number of nitrogens with zero attached hydrogens (tertiary/aromatic N) is 2. The Hall–Kier alpha value is -4.44. The summed E-state index contributed by atoms with van der Waals surface area (Å²) in [6, 6.07) is 26.3. The van der Waals surface area contributed by atoms with Gasteiger partial charge in [-0.15, -0.1) is 11.3 Å². The summed E-state index contributed by atoms with van der Waals surface area (Å²) < 4.78 is 24.7. The number of benzene rings is 3. The first-order valence-electron chi connectivity index (χ1n) is 16.2. The van der Waals surface area contributed by atoms with Crippen LogP contribution in [0.15, 0.2) is 88.8 Å². The summed E-state index contributed by atoms with van der Waals surface area (Å²) >= 11 is 1.67. The van der Waals surface area contributed by atoms with Crippen LogP contribution < -0.4 is 14.8 Å². The van der Waals surface area contributed by atoms with Crippen molar-refractivity contribution >= 4 is 17.2 Å². The van der Waals surface area contributed by atoms with E-state index in [-0.39, 0.29) is 17.5 Å². The van der Waals surface area contributed by atoms with Gasteiger partial charge in [-0.3, -0.25) is 9.69 Å². The number of amides is 1. The van der Waals surface area contributed by atoms with Gasteiger partial charge in [0.25, 0.3) is 5.91 Å². The fraction of sp³-hybridized carbons (Fsp3) is 0.316. The Bertz CT molecular complexity index is 1760. The molecule has 47 heavy (non-hydrogen) atoms. The molecule has 0 spiro atoms. The average Bonchev–Trinajstić information content (AvgIpc) is 3.74. The standard InChI is InChI=1S/C38H41N3O5S/c1-4-39-38(42)36-35(29-15-20-47-34(29)23-41-16-18-43-19-17-41)37(46-40-36)31-21-30(26(2)3)32(44-24-27-11-7-5-8-12-27)22-33(31)45-25-28-13-9-6-10-14-28/h5-15,20-22,26H,4,16-19,23-25H2,1-3H3,(H,39,42). The van der Waals surface area contributed by atoms with Crippen molar-refractivity contribution in [2.75, 3.05) is 32.8 Å². The molecule has 0 atom stereocenters. The number of rotatable bonds is 13. The predicted molar refractivity (Wildman–Crippen MR) is 185 cm³/mol. The highest BCUT2D eigenvalue weighted by Gasteiger charge is 2.30. The third kappa shape index (κ3) is 7.76. The second-order valence-electron chi connectivity index (χ2n) is 11.8. The van der Waals surface area contributed by atoms with Gasteiger partial charge in [-0.2, -0.15) is 0 Å². The molecule has 2 aromatic heterocycles. The van der Waals surface area contributed by atoms with Gasteiger partial charge in [0.15, 0.2) is 11.5 Å². The van der Waals surface area contributed by atoms with E-state index in [1.807, 2.05) is 61.5 Å². The van der Waals surface area contributed by atoms with Crippen LogP contribution in [-0.4, -0.2) is 48.8 Å². The highest BCUT2D eigenvalue weighted by molar-refractivity contribution is 7.10. The van der Waals surface area contributed by atoms with Crippen molar-refractivity contribution in [2.45, 2.75) is 46.4 Å². The third-order valence-corrected chi connectivity index (χ3v) is 9.09. The number of hydrogen-bond acceptors (Lipinski definition) is 8. The van der Waals surface area contributed by atoms with Crippen LogP contribution in [0.25, 0.3) is 22.5 Å². The van der Waals surface area contributed by atoms with Gasteiger partial charge < -0.3 is 24.1 Å². The Labute approximate surface area is 280 Å². The molecule has 8 nitrogen and oxygen atoms in total. The number of hydrogen-bond donors (Lipinski definition) is 1. The topological polar surface area (TPSA) is 86.1 Å². The van der Waals surface area contributed by atoms with Crippen LogP contribution in [0, 0.1) is 0 Å². The van der Waals surface area contributed by atoms with Crippen molar-refractivity contribution in [1.29, 1.82) is 0 Å². The summed E-state index contributed by atoms with van der Waals surface area (Å²) in [5.41, 5.74) is 5.69. The molecule has 244 valence electrons. The largest absolute Gasteiger partial charge is 0.488 e. The van der Waals surface area contributed by atoms with E-state index in [0.29, 0.717) is 50.0 Å². The van der Waals surface area contributed by atoms with Gasteiger partial charge in [0.2, 0.25) is 0 Å². The second kappa shape index (κ2) is 15.4. The zero-order valence-electron chi connectivity index (χ0n) is 27.2. The van der Waals surface area contributed by atoms with Crippen molar-refractivity contribution in [1.82, 2.24) is 15.4 Å². The van der Waals surface area contributed by atoms with Crippen LogP contribution in [0.5, 0.6) is 11.5 Å². The lowest BCUT2D eigenvalue weighted by molar-refractivity contribution is 0.0347. The molecule has 3 aromatic carbocycles. The Morgan fingerprint density at radius 1 is 0.915 bits per heavy atom. The smallest absolute Gasteiger partial charge is 0.274 e. The average molecular weight is 652 g/mol. The van der Waals surface area contributed by atoms with Gasteiger partial charge in [0.05, 0.1) is 24.3 Å². The van der Waals surface area contributed by atoms with Crippen LogP contribution in [0.3, 0.4) is 0 Å². The molecule has 0 unspecified atom stereocenters. The van der Waals surface area contributed by atoms with Gasteiger partial charge in [-0.1, -0.05) is 79.7 Å². The van der Waals surface area contributed by atoms with Crippen LogP contribution >= 0.6 is 11.3 Å². The van der Waals surface area contributed by atoms with E-state index in [9.17, 15) is 4.79 Å². The van der Waals surface area contributed by atoms with Crippen LogP contribution in [0.4, 0.5) is 0 Å². The minimum atomic E-state index is -0.278. The van der Waals surface area contributed by atoms with Crippen LogP contribution in [-0.2, 0) is 24.5 Å². The molecule has 1 saturated heterocycles. The van der Waals surface area contributed by atoms with Crippen LogP contribution in [0.2, 0.25) is 0 Å². The number of carbonyl (C=O) groups excluding carboxylic acids is 1. The lowest BCUT2D eigenvalue weighted by Crippen LogP contribution is -2.35. The van der Waals surface area contributed by atoms with Crippen molar-refractivity contribution < 1.29 is 23.5 Å². The van der Waals surface area contributed by atoms with E-state index < -0.39 is 0 Å². The van der Waals surface area contributed by atoms with Gasteiger partial charge in [-0.25, -0.2) is 0 Å². The molecule has 1 N–H and O–H groups in total. The summed E-state index contributed by atoms with van der Waals surface area (Å²) in [5.74, 6) is 1.68. The van der Waals surface area contributed by atoms with E-state index in [0.717, 1.165) is 58.1 Å². The van der Waals surface area contributed by atoms with E-state index >= 15 is 0 Å². The first kappa shape index (κ1) is 32.5. The molecule has 6 rings (SSSR count). The van der Waals surface area contributed by atoms with Gasteiger partial charge in [0.1, 0.15) is 24.7 Å². The summed E-state index contributed by atoms with van der Waals surface area (Å²) in [6.07, 6.45) is 0. The van der Waals surface area contributed by atoms with E-state index in [4.69, 9.17) is 18.7 Å². The minimum absolute atomic E-state index is 0.134. The SMILES string of the molecule is CCNC(=O)c1noc(-c2cc(C(C)C)c(OCc3ccccc3)cc2OCc2ccccc2)c1-c1ccsc1CN1CCOCC1. The number of carbonyl (C=O) groups is 1. The maximum Gasteiger partial charge on any atom is 0.274 e. The number of ether oxygens (including phenoxy) is 3. The van der Waals surface area contributed by atoms with Crippen molar-refractivity contribution in [3.8, 4) is 33.9 Å². The maximum absolute atomic E-state index is 13.4. The normalized spacial score (nSPS) is 13.5. The lowest BCUT2D eigenvalue weighted by atomic mass is 9.94. The lowest BCUT2D eigenvalue weighted by Gasteiger charge is -2.26. The van der Waals surface area contributed by atoms with Crippen molar-refractivity contribution in [3.63, 3.8) is 0 Å². The fourth-order valence-electron chi connectivity index (χ4n) is 5.69. The molecule has 1 aliphatic heterocycles. The molecular weight excluding hydrogens is 611 g/mol. The number of nitrogens with one attached hydrogen (secondary N) is 1. The minimum Gasteiger partial charge on any atom is -0.488 e.